The average Bonchev–Trinajstić information content (AvgIpc) is 3.41. The van der Waals surface area contributed by atoms with Gasteiger partial charge in [0.1, 0.15) is 18.1 Å². The molecular formula is C20H17N5O3. The summed E-state index contributed by atoms with van der Waals surface area (Å²) in [4.78, 5) is 12.5. The van der Waals surface area contributed by atoms with Crippen molar-refractivity contribution in [3.05, 3.63) is 54.7 Å². The molecule has 1 N–H and O–H groups in total. The van der Waals surface area contributed by atoms with E-state index in [0.717, 1.165) is 27.9 Å². The van der Waals surface area contributed by atoms with Crippen LogP contribution in [0.3, 0.4) is 0 Å². The smallest absolute Gasteiger partial charge is 0.247 e. The number of anilines is 1. The lowest BCUT2D eigenvalue weighted by Crippen LogP contribution is -2.21. The van der Waals surface area contributed by atoms with Crippen LogP contribution in [0.25, 0.3) is 22.2 Å². The number of ether oxygens (including phenoxy) is 2. The molecule has 140 valence electrons. The van der Waals surface area contributed by atoms with Crippen molar-refractivity contribution in [2.24, 2.45) is 7.05 Å². The second-order valence-corrected chi connectivity index (χ2v) is 6.48. The zero-order valence-corrected chi connectivity index (χ0v) is 15.1. The number of fused-ring (bicyclic) bond motifs is 2. The second-order valence-electron chi connectivity index (χ2n) is 6.48. The molecule has 0 aliphatic carbocycles. The third-order valence-corrected chi connectivity index (χ3v) is 4.69. The molecule has 3 heterocycles. The Morgan fingerprint density at radius 3 is 2.86 bits per heavy atom. The first-order valence-corrected chi connectivity index (χ1v) is 8.82. The molecule has 0 atom stereocenters. The van der Waals surface area contributed by atoms with Crippen LogP contribution in [0, 0.1) is 0 Å². The summed E-state index contributed by atoms with van der Waals surface area (Å²) < 4.78 is 14.2. The highest BCUT2D eigenvalue weighted by Crippen LogP contribution is 2.37. The number of benzene rings is 2. The molecule has 0 fully saturated rings. The first-order valence-electron chi connectivity index (χ1n) is 8.82. The largest absolute Gasteiger partial charge is 0.454 e. The molecule has 2 aromatic heterocycles. The molecule has 4 aromatic rings. The molecule has 8 heteroatoms. The molecular weight excluding hydrogens is 358 g/mol. The van der Waals surface area contributed by atoms with Crippen molar-refractivity contribution in [1.29, 1.82) is 0 Å². The summed E-state index contributed by atoms with van der Waals surface area (Å²) in [6.45, 7) is 0.318. The fourth-order valence-corrected chi connectivity index (χ4v) is 3.32. The minimum atomic E-state index is -0.172. The van der Waals surface area contributed by atoms with Crippen molar-refractivity contribution in [1.82, 2.24) is 19.6 Å². The molecule has 8 nitrogen and oxygen atoms in total. The van der Waals surface area contributed by atoms with Crippen molar-refractivity contribution in [2.75, 3.05) is 12.1 Å². The van der Waals surface area contributed by atoms with Crippen LogP contribution >= 0.6 is 0 Å². The van der Waals surface area contributed by atoms with E-state index >= 15 is 0 Å². The number of para-hydroxylation sites is 1. The average molecular weight is 375 g/mol. The Hall–Kier alpha value is -3.81. The van der Waals surface area contributed by atoms with Gasteiger partial charge < -0.3 is 14.8 Å². The van der Waals surface area contributed by atoms with Gasteiger partial charge in [-0.05, 0) is 24.3 Å². The molecule has 0 unspecified atom stereocenters. The van der Waals surface area contributed by atoms with E-state index in [2.05, 4.69) is 10.4 Å². The number of amides is 1. The van der Waals surface area contributed by atoms with Gasteiger partial charge in [0.15, 0.2) is 11.5 Å². The number of nitrogens with zero attached hydrogens (tertiary/aromatic N) is 4. The Bertz CT molecular complexity index is 1190. The zero-order chi connectivity index (χ0) is 19.1. The molecule has 5 rings (SSSR count). The van der Waals surface area contributed by atoms with Crippen LogP contribution in [0.15, 0.2) is 54.7 Å². The maximum atomic E-state index is 12.5. The Labute approximate surface area is 160 Å². The summed E-state index contributed by atoms with van der Waals surface area (Å²) in [5, 5.41) is 12.6. The molecule has 2 aromatic carbocycles. The molecule has 0 radical (unpaired) electrons. The number of hydrogen-bond donors (Lipinski definition) is 1. The number of nitrogens with one attached hydrogen (secondary N) is 1. The standard InChI is InChI=1S/C20H17N5O3/c1-24-18(8-9-21-24)22-19(26)11-25-15-5-3-2-4-14(15)20(23-25)13-6-7-16-17(10-13)28-12-27-16/h2-10H,11-12H2,1H3,(H,22,26). The van der Waals surface area contributed by atoms with Crippen LogP contribution in [-0.4, -0.2) is 32.3 Å². The topological polar surface area (TPSA) is 83.2 Å². The Morgan fingerprint density at radius 1 is 1.14 bits per heavy atom. The van der Waals surface area contributed by atoms with Crippen LogP contribution in [0.1, 0.15) is 0 Å². The summed E-state index contributed by atoms with van der Waals surface area (Å²) in [5.41, 5.74) is 2.59. The van der Waals surface area contributed by atoms with E-state index in [1.165, 1.54) is 0 Å². The van der Waals surface area contributed by atoms with Gasteiger partial charge in [0.05, 0.1) is 11.7 Å². The normalized spacial score (nSPS) is 12.5. The first-order chi connectivity index (χ1) is 13.7. The number of carbonyl (C=O) groups excluding carboxylic acids is 1. The highest BCUT2D eigenvalue weighted by atomic mass is 16.7. The van der Waals surface area contributed by atoms with Crippen molar-refractivity contribution in [3.63, 3.8) is 0 Å². The van der Waals surface area contributed by atoms with Gasteiger partial charge in [-0.25, -0.2) is 0 Å². The third kappa shape index (κ3) is 2.75. The number of aromatic nitrogens is 4. The van der Waals surface area contributed by atoms with Crippen LogP contribution in [0.5, 0.6) is 11.5 Å². The lowest BCUT2D eigenvalue weighted by molar-refractivity contribution is -0.116. The quantitative estimate of drug-likeness (QED) is 0.593. The lowest BCUT2D eigenvalue weighted by atomic mass is 10.1. The number of hydrogen-bond acceptors (Lipinski definition) is 5. The van der Waals surface area contributed by atoms with E-state index in [1.807, 2.05) is 42.5 Å². The van der Waals surface area contributed by atoms with E-state index in [1.54, 1.807) is 28.7 Å². The van der Waals surface area contributed by atoms with Gasteiger partial charge in [0, 0.05) is 24.1 Å². The molecule has 1 aliphatic heterocycles. The molecule has 0 saturated heterocycles. The van der Waals surface area contributed by atoms with Gasteiger partial charge in [-0.3, -0.25) is 14.2 Å². The van der Waals surface area contributed by atoms with Gasteiger partial charge in [0.25, 0.3) is 0 Å². The second kappa shape index (κ2) is 6.41. The van der Waals surface area contributed by atoms with Crippen molar-refractivity contribution in [2.45, 2.75) is 6.54 Å². The zero-order valence-electron chi connectivity index (χ0n) is 15.1. The number of aryl methyl sites for hydroxylation is 1. The summed E-state index contributed by atoms with van der Waals surface area (Å²) in [5.74, 6) is 1.89. The number of rotatable bonds is 4. The molecule has 28 heavy (non-hydrogen) atoms. The summed E-state index contributed by atoms with van der Waals surface area (Å²) >= 11 is 0. The SMILES string of the molecule is Cn1nccc1NC(=O)Cn1nc(-c2ccc3c(c2)OCO3)c2ccccc21. The number of carbonyl (C=O) groups is 1. The van der Waals surface area contributed by atoms with E-state index in [0.29, 0.717) is 11.6 Å². The maximum Gasteiger partial charge on any atom is 0.247 e. The maximum absolute atomic E-state index is 12.5. The predicted octanol–water partition coefficient (Wildman–Crippen LogP) is 2.80. The fraction of sp³-hybridized carbons (Fsp3) is 0.150. The van der Waals surface area contributed by atoms with E-state index in [4.69, 9.17) is 14.6 Å². The Balaban J connectivity index is 1.50. The molecule has 0 saturated carbocycles. The Morgan fingerprint density at radius 2 is 2.00 bits per heavy atom. The van der Waals surface area contributed by atoms with Crippen LogP contribution in [-0.2, 0) is 18.4 Å². The van der Waals surface area contributed by atoms with Gasteiger partial charge in [-0.2, -0.15) is 10.2 Å². The summed E-state index contributed by atoms with van der Waals surface area (Å²) in [6.07, 6.45) is 1.64. The summed E-state index contributed by atoms with van der Waals surface area (Å²) in [6, 6.07) is 15.3. The molecule has 0 bridgehead atoms. The van der Waals surface area contributed by atoms with Crippen molar-refractivity contribution in [3.8, 4) is 22.8 Å². The van der Waals surface area contributed by atoms with Gasteiger partial charge >= 0.3 is 0 Å². The third-order valence-electron chi connectivity index (χ3n) is 4.69. The lowest BCUT2D eigenvalue weighted by Gasteiger charge is -2.06. The predicted molar refractivity (Wildman–Crippen MR) is 103 cm³/mol. The summed E-state index contributed by atoms with van der Waals surface area (Å²) in [7, 11) is 1.77. The molecule has 0 spiro atoms. The minimum Gasteiger partial charge on any atom is -0.454 e. The van der Waals surface area contributed by atoms with Crippen LogP contribution in [0.4, 0.5) is 5.82 Å². The van der Waals surface area contributed by atoms with E-state index in [-0.39, 0.29) is 19.2 Å². The van der Waals surface area contributed by atoms with Crippen LogP contribution < -0.4 is 14.8 Å². The van der Waals surface area contributed by atoms with Crippen molar-refractivity contribution < 1.29 is 14.3 Å². The highest BCUT2D eigenvalue weighted by Gasteiger charge is 2.18. The van der Waals surface area contributed by atoms with E-state index < -0.39 is 0 Å². The van der Waals surface area contributed by atoms with Gasteiger partial charge in [-0.1, -0.05) is 18.2 Å². The van der Waals surface area contributed by atoms with Crippen molar-refractivity contribution >= 4 is 22.6 Å². The van der Waals surface area contributed by atoms with Gasteiger partial charge in [-0.15, -0.1) is 0 Å². The first kappa shape index (κ1) is 16.4. The monoisotopic (exact) mass is 375 g/mol. The highest BCUT2D eigenvalue weighted by molar-refractivity contribution is 5.95. The Kier molecular flexibility index (Phi) is 3.75. The minimum absolute atomic E-state index is 0.0935. The van der Waals surface area contributed by atoms with Crippen LogP contribution in [0.2, 0.25) is 0 Å². The molecule has 1 aliphatic rings. The van der Waals surface area contributed by atoms with E-state index in [9.17, 15) is 4.79 Å². The molecule has 1 amide bonds. The van der Waals surface area contributed by atoms with Gasteiger partial charge in [0.2, 0.25) is 12.7 Å². The fourth-order valence-electron chi connectivity index (χ4n) is 3.32.